The van der Waals surface area contributed by atoms with E-state index in [4.69, 9.17) is 9.47 Å². The maximum absolute atomic E-state index is 14.1. The topological polar surface area (TPSA) is 97.0 Å². The first kappa shape index (κ1) is 26.6. The first-order valence-corrected chi connectivity index (χ1v) is 14.6. The van der Waals surface area contributed by atoms with Crippen molar-refractivity contribution < 1.29 is 23.9 Å². The number of nitrogens with one attached hydrogen (secondary N) is 2. The predicted molar refractivity (Wildman–Crippen MR) is 151 cm³/mol. The number of hydrogen-bond acceptors (Lipinski definition) is 5. The molecule has 6 rings (SSSR count). The second kappa shape index (κ2) is 11.1. The molecule has 1 aliphatic carbocycles. The summed E-state index contributed by atoms with van der Waals surface area (Å²) in [5.74, 6) is -1.43. The molecule has 2 bridgehead atoms. The molecule has 8 nitrogen and oxygen atoms in total. The molecule has 1 spiro atoms. The van der Waals surface area contributed by atoms with E-state index in [1.54, 1.807) is 29.2 Å². The fourth-order valence-corrected chi connectivity index (χ4v) is 6.96. The Morgan fingerprint density at radius 1 is 1.02 bits per heavy atom. The van der Waals surface area contributed by atoms with Crippen molar-refractivity contribution in [1.29, 1.82) is 0 Å². The molecule has 3 amide bonds. The normalized spacial score (nSPS) is 28.9. The van der Waals surface area contributed by atoms with Gasteiger partial charge in [0.05, 0.1) is 24.5 Å². The smallest absolute Gasteiger partial charge is 0.246 e. The lowest BCUT2D eigenvalue weighted by Crippen LogP contribution is -2.56. The second-order valence-corrected chi connectivity index (χ2v) is 11.3. The number of hydrogen-bond donors (Lipinski definition) is 2. The average Bonchev–Trinajstić information content (AvgIpc) is 3.61. The van der Waals surface area contributed by atoms with E-state index in [-0.39, 0.29) is 23.8 Å². The number of benzene rings is 2. The van der Waals surface area contributed by atoms with Gasteiger partial charge < -0.3 is 25.0 Å². The predicted octanol–water partition coefficient (Wildman–Crippen LogP) is 3.87. The molecule has 8 heteroatoms. The summed E-state index contributed by atoms with van der Waals surface area (Å²) >= 11 is 0. The first-order valence-electron chi connectivity index (χ1n) is 14.6. The molecule has 210 valence electrons. The van der Waals surface area contributed by atoms with Gasteiger partial charge in [-0.15, -0.1) is 0 Å². The number of amides is 3. The molecule has 0 radical (unpaired) electrons. The third-order valence-corrected chi connectivity index (χ3v) is 8.79. The molecule has 5 unspecified atom stereocenters. The van der Waals surface area contributed by atoms with Crippen molar-refractivity contribution in [1.82, 2.24) is 10.2 Å². The van der Waals surface area contributed by atoms with Gasteiger partial charge in [0.25, 0.3) is 0 Å². The molecule has 0 aromatic heterocycles. The quantitative estimate of drug-likeness (QED) is 0.468. The van der Waals surface area contributed by atoms with E-state index in [0.29, 0.717) is 25.3 Å². The molecule has 2 saturated heterocycles. The van der Waals surface area contributed by atoms with Crippen LogP contribution >= 0.6 is 0 Å². The van der Waals surface area contributed by atoms with E-state index < -0.39 is 29.6 Å². The average molecular weight is 544 g/mol. The number of likely N-dealkylation sites (tertiary alicyclic amines) is 1. The van der Waals surface area contributed by atoms with Crippen LogP contribution in [0, 0.1) is 11.8 Å². The van der Waals surface area contributed by atoms with Crippen LogP contribution < -0.4 is 15.4 Å². The van der Waals surface area contributed by atoms with Crippen LogP contribution in [0.2, 0.25) is 0 Å². The summed E-state index contributed by atoms with van der Waals surface area (Å²) in [4.78, 5) is 43.4. The van der Waals surface area contributed by atoms with Crippen molar-refractivity contribution in [3.05, 3.63) is 72.3 Å². The third kappa shape index (κ3) is 4.79. The van der Waals surface area contributed by atoms with Crippen LogP contribution in [0.15, 0.2) is 66.7 Å². The number of anilines is 1. The number of rotatable bonds is 9. The van der Waals surface area contributed by atoms with Gasteiger partial charge in [-0.25, -0.2) is 0 Å². The molecule has 3 heterocycles. The van der Waals surface area contributed by atoms with Crippen molar-refractivity contribution in [2.45, 2.75) is 69.2 Å². The lowest BCUT2D eigenvalue weighted by Gasteiger charge is -2.34. The lowest BCUT2D eigenvalue weighted by atomic mass is 9.74. The molecule has 5 atom stereocenters. The Balaban J connectivity index is 1.26. The molecule has 2 aromatic carbocycles. The van der Waals surface area contributed by atoms with Gasteiger partial charge >= 0.3 is 0 Å². The van der Waals surface area contributed by atoms with Crippen molar-refractivity contribution in [3.63, 3.8) is 0 Å². The Labute approximate surface area is 235 Å². The minimum absolute atomic E-state index is 0.101. The maximum atomic E-state index is 14.1. The fraction of sp³-hybridized carbons (Fsp3) is 0.469. The van der Waals surface area contributed by atoms with Crippen molar-refractivity contribution >= 4 is 23.4 Å². The van der Waals surface area contributed by atoms with Crippen LogP contribution in [0.4, 0.5) is 5.69 Å². The van der Waals surface area contributed by atoms with Crippen LogP contribution in [-0.2, 0) is 25.5 Å². The zero-order chi connectivity index (χ0) is 27.7. The highest BCUT2D eigenvalue weighted by Gasteiger charge is 2.72. The molecule has 4 aliphatic rings. The maximum Gasteiger partial charge on any atom is 0.246 e. The minimum Gasteiger partial charge on any atom is -0.494 e. The van der Waals surface area contributed by atoms with Crippen LogP contribution in [-0.4, -0.2) is 59.6 Å². The summed E-state index contributed by atoms with van der Waals surface area (Å²) in [5, 5.41) is 6.21. The summed E-state index contributed by atoms with van der Waals surface area (Å²) in [6.07, 6.45) is 9.03. The standard InChI is InChI=1S/C32H37N3O5/c1-2-39-24-15-13-23(14-16-24)33-29(36)26-25-17-19-32(40-25)27(26)31(38)35(20-18-21-9-5-3-6-10-21)28(32)30(37)34-22-11-7-4-8-12-22/h3,5-6,9-10,13-17,19,22,25-28H,2,4,7-8,11-12,18,20H2,1H3,(H,33,36)(H,34,37). The van der Waals surface area contributed by atoms with E-state index in [1.807, 2.05) is 49.4 Å². The Kier molecular flexibility index (Phi) is 7.36. The van der Waals surface area contributed by atoms with Crippen molar-refractivity contribution in [2.75, 3.05) is 18.5 Å². The number of carbonyl (C=O) groups excluding carboxylic acids is 3. The Bertz CT molecular complexity index is 1270. The summed E-state index contributed by atoms with van der Waals surface area (Å²) in [5.41, 5.74) is 0.548. The van der Waals surface area contributed by atoms with Gasteiger partial charge in [-0.3, -0.25) is 14.4 Å². The molecule has 1 saturated carbocycles. The fourth-order valence-electron chi connectivity index (χ4n) is 6.96. The Morgan fingerprint density at radius 2 is 1.77 bits per heavy atom. The van der Waals surface area contributed by atoms with Gasteiger partial charge in [0.2, 0.25) is 17.7 Å². The molecule has 2 aromatic rings. The van der Waals surface area contributed by atoms with Gasteiger partial charge in [-0.1, -0.05) is 61.7 Å². The number of ether oxygens (including phenoxy) is 2. The van der Waals surface area contributed by atoms with Gasteiger partial charge in [0, 0.05) is 18.3 Å². The number of fused-ring (bicyclic) bond motifs is 1. The summed E-state index contributed by atoms with van der Waals surface area (Å²) < 4.78 is 12.0. The lowest BCUT2D eigenvalue weighted by molar-refractivity contribution is -0.141. The van der Waals surface area contributed by atoms with Gasteiger partial charge in [0.1, 0.15) is 17.4 Å². The first-order chi connectivity index (χ1) is 19.5. The monoisotopic (exact) mass is 543 g/mol. The summed E-state index contributed by atoms with van der Waals surface area (Å²) in [6.45, 7) is 2.85. The molecule has 2 N–H and O–H groups in total. The highest BCUT2D eigenvalue weighted by Crippen LogP contribution is 2.55. The zero-order valence-corrected chi connectivity index (χ0v) is 22.9. The number of carbonyl (C=O) groups is 3. The van der Waals surface area contributed by atoms with Gasteiger partial charge in [-0.2, -0.15) is 0 Å². The van der Waals surface area contributed by atoms with E-state index in [2.05, 4.69) is 10.6 Å². The van der Waals surface area contributed by atoms with Crippen LogP contribution in [0.25, 0.3) is 0 Å². The van der Waals surface area contributed by atoms with Crippen molar-refractivity contribution in [3.8, 4) is 5.75 Å². The zero-order valence-electron chi connectivity index (χ0n) is 22.9. The van der Waals surface area contributed by atoms with Crippen molar-refractivity contribution in [2.24, 2.45) is 11.8 Å². The summed E-state index contributed by atoms with van der Waals surface area (Å²) in [7, 11) is 0. The third-order valence-electron chi connectivity index (χ3n) is 8.79. The molecular weight excluding hydrogens is 506 g/mol. The molecular formula is C32H37N3O5. The van der Waals surface area contributed by atoms with E-state index >= 15 is 0 Å². The summed E-state index contributed by atoms with van der Waals surface area (Å²) in [6, 6.07) is 16.4. The van der Waals surface area contributed by atoms with E-state index in [1.165, 1.54) is 6.42 Å². The van der Waals surface area contributed by atoms with E-state index in [9.17, 15) is 14.4 Å². The Morgan fingerprint density at radius 3 is 2.50 bits per heavy atom. The highest BCUT2D eigenvalue weighted by molar-refractivity contribution is 6.02. The second-order valence-electron chi connectivity index (χ2n) is 11.3. The minimum atomic E-state index is -1.15. The SMILES string of the molecule is CCOc1ccc(NC(=O)C2C3C=CC4(O3)C2C(=O)N(CCc2ccccc2)C4C(=O)NC2CCCCC2)cc1. The van der Waals surface area contributed by atoms with E-state index in [0.717, 1.165) is 37.0 Å². The number of nitrogens with zero attached hydrogens (tertiary/aromatic N) is 1. The highest BCUT2D eigenvalue weighted by atomic mass is 16.5. The van der Waals surface area contributed by atoms with Gasteiger partial charge in [0.15, 0.2) is 0 Å². The van der Waals surface area contributed by atoms with Crippen LogP contribution in [0.5, 0.6) is 5.75 Å². The molecule has 40 heavy (non-hydrogen) atoms. The molecule has 3 fully saturated rings. The molecule has 3 aliphatic heterocycles. The van der Waals surface area contributed by atoms with Crippen LogP contribution in [0.1, 0.15) is 44.6 Å². The largest absolute Gasteiger partial charge is 0.494 e. The van der Waals surface area contributed by atoms with Crippen LogP contribution in [0.3, 0.4) is 0 Å². The van der Waals surface area contributed by atoms with Gasteiger partial charge in [-0.05, 0) is 56.0 Å². The Hall–Kier alpha value is -3.65.